The Labute approximate surface area is 131 Å². The number of nitrogens with two attached hydrogens (primary N) is 1. The molecule has 0 aliphatic carbocycles. The van der Waals surface area contributed by atoms with Crippen LogP contribution in [0, 0.1) is 0 Å². The van der Waals surface area contributed by atoms with Crippen LogP contribution in [0.5, 0.6) is 0 Å². The molecule has 0 aliphatic heterocycles. The van der Waals surface area contributed by atoms with Crippen molar-refractivity contribution < 1.29 is 0 Å². The van der Waals surface area contributed by atoms with Gasteiger partial charge < -0.3 is 5.73 Å². The Morgan fingerprint density at radius 1 is 1.05 bits per heavy atom. The van der Waals surface area contributed by atoms with E-state index in [9.17, 15) is 0 Å². The molecule has 0 saturated carbocycles. The van der Waals surface area contributed by atoms with Crippen LogP contribution in [0.2, 0.25) is 10.0 Å². The second-order valence-electron chi connectivity index (χ2n) is 4.40. The van der Waals surface area contributed by atoms with Crippen LogP contribution < -0.4 is 5.73 Å². The lowest BCUT2D eigenvalue weighted by molar-refractivity contribution is 0.694. The average molecular weight is 359 g/mol. The van der Waals surface area contributed by atoms with Gasteiger partial charge in [0.2, 0.25) is 0 Å². The molecule has 0 fully saturated rings. The topological polar surface area (TPSA) is 26.0 Å². The summed E-state index contributed by atoms with van der Waals surface area (Å²) in [6.07, 6.45) is 0.789. The summed E-state index contributed by atoms with van der Waals surface area (Å²) in [6, 6.07) is 13.9. The van der Waals surface area contributed by atoms with Crippen molar-refractivity contribution in [3.05, 3.63) is 68.1 Å². The molecule has 0 heterocycles. The van der Waals surface area contributed by atoms with E-state index in [2.05, 4.69) is 28.1 Å². The fourth-order valence-corrected chi connectivity index (χ4v) is 2.71. The van der Waals surface area contributed by atoms with Gasteiger partial charge in [-0.25, -0.2) is 0 Å². The third-order valence-corrected chi connectivity index (χ3v) is 4.51. The molecule has 2 rings (SSSR count). The molecule has 1 nitrogen and oxygen atoms in total. The van der Waals surface area contributed by atoms with Gasteiger partial charge in [0.05, 0.1) is 10.0 Å². The fraction of sp³-hybridized carbons (Fsp3) is 0.200. The SMILES string of the molecule is NCC(Cc1cccc(Cl)c1Cl)c1ccc(Br)cc1. The van der Waals surface area contributed by atoms with E-state index in [0.717, 1.165) is 16.5 Å². The van der Waals surface area contributed by atoms with Gasteiger partial charge >= 0.3 is 0 Å². The normalized spacial score (nSPS) is 12.4. The Morgan fingerprint density at radius 3 is 2.37 bits per heavy atom. The molecule has 1 atom stereocenters. The third-order valence-electron chi connectivity index (χ3n) is 3.12. The standard InChI is InChI=1S/C15H14BrCl2N/c16-13-6-4-10(5-7-13)12(9-19)8-11-2-1-3-14(17)15(11)18/h1-7,12H,8-9,19H2. The van der Waals surface area contributed by atoms with E-state index >= 15 is 0 Å². The molecule has 2 aromatic rings. The van der Waals surface area contributed by atoms with E-state index in [0.29, 0.717) is 16.6 Å². The van der Waals surface area contributed by atoms with Crippen molar-refractivity contribution in [1.29, 1.82) is 0 Å². The average Bonchev–Trinajstić information content (AvgIpc) is 2.42. The summed E-state index contributed by atoms with van der Waals surface area (Å²) in [5.74, 6) is 0.240. The molecule has 100 valence electrons. The highest BCUT2D eigenvalue weighted by Gasteiger charge is 2.13. The zero-order valence-electron chi connectivity index (χ0n) is 10.2. The highest BCUT2D eigenvalue weighted by Crippen LogP contribution is 2.30. The molecule has 0 spiro atoms. The van der Waals surface area contributed by atoms with E-state index in [1.807, 2.05) is 24.3 Å². The van der Waals surface area contributed by atoms with Gasteiger partial charge in [0.15, 0.2) is 0 Å². The van der Waals surface area contributed by atoms with Gasteiger partial charge in [-0.3, -0.25) is 0 Å². The Kier molecular flexibility index (Phi) is 5.28. The molecule has 0 aromatic heterocycles. The van der Waals surface area contributed by atoms with Crippen molar-refractivity contribution >= 4 is 39.1 Å². The number of benzene rings is 2. The quantitative estimate of drug-likeness (QED) is 0.813. The Bertz CT molecular complexity index is 555. The summed E-state index contributed by atoms with van der Waals surface area (Å²) in [5.41, 5.74) is 8.14. The second-order valence-corrected chi connectivity index (χ2v) is 6.10. The molecule has 0 saturated heterocycles. The van der Waals surface area contributed by atoms with Gasteiger partial charge in [-0.15, -0.1) is 0 Å². The van der Waals surface area contributed by atoms with E-state index in [4.69, 9.17) is 28.9 Å². The smallest absolute Gasteiger partial charge is 0.0624 e. The molecule has 0 radical (unpaired) electrons. The van der Waals surface area contributed by atoms with Crippen LogP contribution in [-0.2, 0) is 6.42 Å². The zero-order valence-corrected chi connectivity index (χ0v) is 13.3. The molecule has 4 heteroatoms. The number of hydrogen-bond acceptors (Lipinski definition) is 1. The molecule has 19 heavy (non-hydrogen) atoms. The van der Waals surface area contributed by atoms with E-state index in [-0.39, 0.29) is 5.92 Å². The number of halogens is 3. The first-order valence-corrected chi connectivity index (χ1v) is 7.55. The summed E-state index contributed by atoms with van der Waals surface area (Å²) in [7, 11) is 0. The van der Waals surface area contributed by atoms with Crippen LogP contribution >= 0.6 is 39.1 Å². The molecule has 0 aliphatic rings. The van der Waals surface area contributed by atoms with Crippen molar-refractivity contribution in [3.8, 4) is 0 Å². The van der Waals surface area contributed by atoms with Crippen LogP contribution in [0.4, 0.5) is 0 Å². The second kappa shape index (κ2) is 6.76. The van der Waals surface area contributed by atoms with E-state index in [1.165, 1.54) is 5.56 Å². The summed E-state index contributed by atoms with van der Waals surface area (Å²) in [5, 5.41) is 1.21. The highest BCUT2D eigenvalue weighted by molar-refractivity contribution is 9.10. The maximum Gasteiger partial charge on any atom is 0.0624 e. The molecule has 0 bridgehead atoms. The first kappa shape index (κ1) is 14.9. The highest BCUT2D eigenvalue weighted by atomic mass is 79.9. The van der Waals surface area contributed by atoms with Gasteiger partial charge in [0.1, 0.15) is 0 Å². The van der Waals surface area contributed by atoms with Crippen LogP contribution in [0.3, 0.4) is 0 Å². The maximum absolute atomic E-state index is 6.23. The minimum Gasteiger partial charge on any atom is -0.330 e. The molecule has 2 aromatic carbocycles. The Balaban J connectivity index is 2.24. The van der Waals surface area contributed by atoms with Crippen molar-refractivity contribution in [2.24, 2.45) is 5.73 Å². The predicted molar refractivity (Wildman–Crippen MR) is 86.1 cm³/mol. The minimum atomic E-state index is 0.240. The molecular formula is C15H14BrCl2N. The van der Waals surface area contributed by atoms with Gasteiger partial charge in [-0.1, -0.05) is 63.4 Å². The van der Waals surface area contributed by atoms with Gasteiger partial charge in [-0.05, 0) is 42.3 Å². The van der Waals surface area contributed by atoms with Gasteiger partial charge in [0, 0.05) is 10.4 Å². The van der Waals surface area contributed by atoms with Crippen LogP contribution in [0.1, 0.15) is 17.0 Å². The van der Waals surface area contributed by atoms with E-state index < -0.39 is 0 Å². The number of rotatable bonds is 4. The Hall–Kier alpha value is -0.540. The molecule has 0 amide bonds. The Morgan fingerprint density at radius 2 is 1.74 bits per heavy atom. The molecule has 1 unspecified atom stereocenters. The summed E-state index contributed by atoms with van der Waals surface area (Å²) in [6.45, 7) is 0.574. The molecule has 2 N–H and O–H groups in total. The lowest BCUT2D eigenvalue weighted by atomic mass is 9.92. The predicted octanol–water partition coefficient (Wildman–Crippen LogP) is 5.04. The number of hydrogen-bond donors (Lipinski definition) is 1. The van der Waals surface area contributed by atoms with Crippen LogP contribution in [0.15, 0.2) is 46.9 Å². The third kappa shape index (κ3) is 3.73. The van der Waals surface area contributed by atoms with Crippen molar-refractivity contribution in [1.82, 2.24) is 0 Å². The van der Waals surface area contributed by atoms with Crippen molar-refractivity contribution in [2.45, 2.75) is 12.3 Å². The van der Waals surface area contributed by atoms with Crippen molar-refractivity contribution in [2.75, 3.05) is 6.54 Å². The van der Waals surface area contributed by atoms with Gasteiger partial charge in [-0.2, -0.15) is 0 Å². The monoisotopic (exact) mass is 357 g/mol. The minimum absolute atomic E-state index is 0.240. The largest absolute Gasteiger partial charge is 0.330 e. The van der Waals surface area contributed by atoms with Crippen molar-refractivity contribution in [3.63, 3.8) is 0 Å². The lowest BCUT2D eigenvalue weighted by Crippen LogP contribution is -2.15. The lowest BCUT2D eigenvalue weighted by Gasteiger charge is -2.16. The van der Waals surface area contributed by atoms with Gasteiger partial charge in [0.25, 0.3) is 0 Å². The maximum atomic E-state index is 6.23. The van der Waals surface area contributed by atoms with Crippen LogP contribution in [-0.4, -0.2) is 6.54 Å². The fourth-order valence-electron chi connectivity index (χ4n) is 2.04. The summed E-state index contributed by atoms with van der Waals surface area (Å²) in [4.78, 5) is 0. The van der Waals surface area contributed by atoms with E-state index in [1.54, 1.807) is 6.07 Å². The first-order valence-electron chi connectivity index (χ1n) is 6.00. The summed E-state index contributed by atoms with van der Waals surface area (Å²) < 4.78 is 1.06. The first-order chi connectivity index (χ1) is 9.11. The summed E-state index contributed by atoms with van der Waals surface area (Å²) >= 11 is 15.7. The zero-order chi connectivity index (χ0) is 13.8. The van der Waals surface area contributed by atoms with Crippen LogP contribution in [0.25, 0.3) is 0 Å². The molecular weight excluding hydrogens is 345 g/mol.